The van der Waals surface area contributed by atoms with Crippen LogP contribution in [0, 0.1) is 24.0 Å². The molecule has 0 unspecified atom stereocenters. The molecule has 0 amide bonds. The Balaban J connectivity index is 2.03. The number of benzene rings is 3. The van der Waals surface area contributed by atoms with E-state index in [9.17, 15) is 22.3 Å². The predicted octanol–water partition coefficient (Wildman–Crippen LogP) is 5.59. The average molecular weight is 485 g/mol. The van der Waals surface area contributed by atoms with Crippen molar-refractivity contribution in [1.29, 1.82) is 5.41 Å². The van der Waals surface area contributed by atoms with Crippen molar-refractivity contribution in [1.82, 2.24) is 0 Å². The fourth-order valence-electron chi connectivity index (χ4n) is 3.25. The second-order valence-corrected chi connectivity index (χ2v) is 10.6. The Labute approximate surface area is 198 Å². The molecule has 3 aromatic rings. The van der Waals surface area contributed by atoms with E-state index in [-0.39, 0.29) is 21.9 Å². The van der Waals surface area contributed by atoms with Crippen molar-refractivity contribution in [3.05, 3.63) is 89.5 Å². The standard InChI is InChI=1S/C26H26F2N2O3S/c1-16-13-18(17-7-5-8-19(14-17)34(4,32)33)11-12-22(16)30-23(15-24(29)26(2,3)31)20-9-6-10-21(27)25(20)28/h5-15,29-31H,1-4H3/b23-15-,29-24?. The molecule has 3 rings (SSSR count). The predicted molar refractivity (Wildman–Crippen MR) is 132 cm³/mol. The molecule has 0 heterocycles. The molecule has 8 heteroatoms. The van der Waals surface area contributed by atoms with E-state index in [1.807, 2.05) is 13.0 Å². The van der Waals surface area contributed by atoms with E-state index in [1.54, 1.807) is 30.3 Å². The van der Waals surface area contributed by atoms with Crippen molar-refractivity contribution in [3.63, 3.8) is 0 Å². The molecule has 0 aliphatic rings. The lowest BCUT2D eigenvalue weighted by Gasteiger charge is -2.20. The number of rotatable bonds is 7. The largest absolute Gasteiger partial charge is 0.384 e. The third-order valence-corrected chi connectivity index (χ3v) is 6.39. The van der Waals surface area contributed by atoms with Crippen molar-refractivity contribution in [2.75, 3.05) is 11.6 Å². The number of hydrogen-bond donors (Lipinski definition) is 3. The first-order valence-electron chi connectivity index (χ1n) is 10.4. The quantitative estimate of drug-likeness (QED) is 0.382. The van der Waals surface area contributed by atoms with E-state index < -0.39 is 27.1 Å². The Bertz CT molecular complexity index is 1390. The first-order chi connectivity index (χ1) is 15.8. The van der Waals surface area contributed by atoms with Gasteiger partial charge in [0.05, 0.1) is 16.3 Å². The molecular formula is C26H26F2N2O3S. The first-order valence-corrected chi connectivity index (χ1v) is 12.3. The minimum Gasteiger partial charge on any atom is -0.384 e. The fraction of sp³-hybridized carbons (Fsp3) is 0.192. The molecule has 0 atom stereocenters. The van der Waals surface area contributed by atoms with Gasteiger partial charge in [-0.2, -0.15) is 0 Å². The highest BCUT2D eigenvalue weighted by Gasteiger charge is 2.21. The van der Waals surface area contributed by atoms with Gasteiger partial charge in [-0.05, 0) is 79.9 Å². The number of nitrogens with one attached hydrogen (secondary N) is 2. The highest BCUT2D eigenvalue weighted by atomic mass is 32.2. The van der Waals surface area contributed by atoms with Gasteiger partial charge in [0.1, 0.15) is 5.60 Å². The molecule has 0 bridgehead atoms. The summed E-state index contributed by atoms with van der Waals surface area (Å²) in [5.74, 6) is -2.10. The molecule has 0 aliphatic carbocycles. The summed E-state index contributed by atoms with van der Waals surface area (Å²) in [5.41, 5.74) is 1.16. The summed E-state index contributed by atoms with van der Waals surface area (Å²) in [7, 11) is -3.36. The van der Waals surface area contributed by atoms with E-state index in [0.717, 1.165) is 23.4 Å². The maximum atomic E-state index is 14.6. The van der Waals surface area contributed by atoms with Crippen LogP contribution in [0.25, 0.3) is 16.8 Å². The van der Waals surface area contributed by atoms with E-state index in [4.69, 9.17) is 5.41 Å². The van der Waals surface area contributed by atoms with Gasteiger partial charge in [-0.25, -0.2) is 17.2 Å². The van der Waals surface area contributed by atoms with Crippen LogP contribution in [0.2, 0.25) is 0 Å². The molecule has 0 spiro atoms. The maximum absolute atomic E-state index is 14.6. The smallest absolute Gasteiger partial charge is 0.175 e. The van der Waals surface area contributed by atoms with Crippen molar-refractivity contribution >= 4 is 26.9 Å². The van der Waals surface area contributed by atoms with Gasteiger partial charge in [0.15, 0.2) is 21.5 Å². The van der Waals surface area contributed by atoms with Crippen molar-refractivity contribution in [3.8, 4) is 11.1 Å². The fourth-order valence-corrected chi connectivity index (χ4v) is 3.92. The Morgan fingerprint density at radius 2 is 1.68 bits per heavy atom. The molecule has 5 nitrogen and oxygen atoms in total. The molecule has 0 aliphatic heterocycles. The van der Waals surface area contributed by atoms with Crippen LogP contribution in [0.5, 0.6) is 0 Å². The SMILES string of the molecule is Cc1cc(-c2cccc(S(C)(=O)=O)c2)ccc1N/C(=C\C(=N)C(C)(C)O)c1cccc(F)c1F. The van der Waals surface area contributed by atoms with Gasteiger partial charge in [-0.1, -0.05) is 24.3 Å². The minimum atomic E-state index is -3.36. The zero-order valence-corrected chi connectivity index (χ0v) is 20.1. The average Bonchev–Trinajstić information content (AvgIpc) is 2.75. The van der Waals surface area contributed by atoms with E-state index >= 15 is 0 Å². The Morgan fingerprint density at radius 3 is 2.29 bits per heavy atom. The van der Waals surface area contributed by atoms with Crippen LogP contribution in [0.3, 0.4) is 0 Å². The molecular weight excluding hydrogens is 458 g/mol. The molecule has 3 N–H and O–H groups in total. The zero-order valence-electron chi connectivity index (χ0n) is 19.3. The number of aryl methyl sites for hydroxylation is 1. The van der Waals surface area contributed by atoms with E-state index in [2.05, 4.69) is 5.32 Å². The number of hydrogen-bond acceptors (Lipinski definition) is 5. The van der Waals surface area contributed by atoms with Gasteiger partial charge < -0.3 is 15.8 Å². The van der Waals surface area contributed by atoms with E-state index in [0.29, 0.717) is 11.3 Å². The minimum absolute atomic E-state index is 0.0849. The van der Waals surface area contributed by atoms with Gasteiger partial charge in [-0.15, -0.1) is 0 Å². The molecule has 0 saturated heterocycles. The molecule has 0 radical (unpaired) electrons. The van der Waals surface area contributed by atoms with Gasteiger partial charge in [0.2, 0.25) is 0 Å². The molecule has 0 fully saturated rings. The number of halogens is 2. The monoisotopic (exact) mass is 484 g/mol. The van der Waals surface area contributed by atoms with Gasteiger partial charge in [0.25, 0.3) is 0 Å². The van der Waals surface area contributed by atoms with Crippen LogP contribution in [-0.2, 0) is 9.84 Å². The molecule has 34 heavy (non-hydrogen) atoms. The highest BCUT2D eigenvalue weighted by molar-refractivity contribution is 7.90. The van der Waals surface area contributed by atoms with E-state index in [1.165, 1.54) is 38.1 Å². The second kappa shape index (κ2) is 9.48. The highest BCUT2D eigenvalue weighted by Crippen LogP contribution is 2.30. The van der Waals surface area contributed by atoms with Crippen LogP contribution < -0.4 is 5.32 Å². The maximum Gasteiger partial charge on any atom is 0.175 e. The second-order valence-electron chi connectivity index (χ2n) is 8.59. The first kappa shape index (κ1) is 25.3. The molecule has 0 saturated carbocycles. The Morgan fingerprint density at radius 1 is 1.03 bits per heavy atom. The van der Waals surface area contributed by atoms with Crippen molar-refractivity contribution < 1.29 is 22.3 Å². The molecule has 178 valence electrons. The summed E-state index contributed by atoms with van der Waals surface area (Å²) in [6.07, 6.45) is 2.41. The summed E-state index contributed by atoms with van der Waals surface area (Å²) in [6, 6.07) is 15.7. The van der Waals surface area contributed by atoms with Crippen molar-refractivity contribution in [2.45, 2.75) is 31.3 Å². The molecule has 3 aromatic carbocycles. The van der Waals surface area contributed by atoms with Crippen LogP contribution in [0.15, 0.2) is 71.6 Å². The molecule has 0 aromatic heterocycles. The lowest BCUT2D eigenvalue weighted by Crippen LogP contribution is -2.29. The summed E-state index contributed by atoms with van der Waals surface area (Å²) in [5, 5.41) is 21.4. The third kappa shape index (κ3) is 5.76. The lowest BCUT2D eigenvalue weighted by atomic mass is 9.99. The number of sulfone groups is 1. The number of anilines is 1. The van der Waals surface area contributed by atoms with Crippen LogP contribution in [-0.4, -0.2) is 31.1 Å². The Kier molecular flexibility index (Phi) is 7.05. The van der Waals surface area contributed by atoms with Gasteiger partial charge in [0, 0.05) is 17.5 Å². The van der Waals surface area contributed by atoms with Crippen molar-refractivity contribution in [2.24, 2.45) is 0 Å². The topological polar surface area (TPSA) is 90.3 Å². The van der Waals surface area contributed by atoms with Gasteiger partial charge in [-0.3, -0.25) is 0 Å². The van der Waals surface area contributed by atoms with Crippen LogP contribution in [0.4, 0.5) is 14.5 Å². The summed E-state index contributed by atoms with van der Waals surface area (Å²) in [6.45, 7) is 4.67. The summed E-state index contributed by atoms with van der Waals surface area (Å²) >= 11 is 0. The normalized spacial score (nSPS) is 12.5. The van der Waals surface area contributed by atoms with Gasteiger partial charge >= 0.3 is 0 Å². The zero-order chi connectivity index (χ0) is 25.3. The third-order valence-electron chi connectivity index (χ3n) is 5.28. The number of aliphatic hydroxyl groups is 1. The van der Waals surface area contributed by atoms with Crippen LogP contribution in [0.1, 0.15) is 25.0 Å². The lowest BCUT2D eigenvalue weighted by molar-refractivity contribution is 0.154. The Hall–Kier alpha value is -3.36. The van der Waals surface area contributed by atoms with Crippen LogP contribution >= 0.6 is 0 Å². The summed E-state index contributed by atoms with van der Waals surface area (Å²) in [4.78, 5) is 0.210. The summed E-state index contributed by atoms with van der Waals surface area (Å²) < 4.78 is 52.3.